The van der Waals surface area contributed by atoms with Gasteiger partial charge in [-0.25, -0.2) is 0 Å². The molecule has 0 amide bonds. The SMILES string of the molecule is Cc1nnc(SC(C)(C)CN)s1. The van der Waals surface area contributed by atoms with Gasteiger partial charge in [-0.05, 0) is 20.8 Å². The molecule has 1 rings (SSSR count). The van der Waals surface area contributed by atoms with Crippen LogP contribution in [0.5, 0.6) is 0 Å². The Morgan fingerprint density at radius 2 is 2.17 bits per heavy atom. The van der Waals surface area contributed by atoms with Crippen LogP contribution in [0.4, 0.5) is 0 Å². The van der Waals surface area contributed by atoms with Crippen LogP contribution in [-0.2, 0) is 0 Å². The van der Waals surface area contributed by atoms with E-state index in [1.54, 1.807) is 23.1 Å². The van der Waals surface area contributed by atoms with Crippen molar-refractivity contribution in [1.82, 2.24) is 10.2 Å². The molecule has 0 spiro atoms. The molecule has 1 aromatic rings. The van der Waals surface area contributed by atoms with Crippen LogP contribution in [0.25, 0.3) is 0 Å². The van der Waals surface area contributed by atoms with Crippen LogP contribution < -0.4 is 5.73 Å². The van der Waals surface area contributed by atoms with Gasteiger partial charge >= 0.3 is 0 Å². The molecule has 0 fully saturated rings. The highest BCUT2D eigenvalue weighted by Crippen LogP contribution is 2.32. The lowest BCUT2D eigenvalue weighted by molar-refractivity contribution is 0.721. The third-order valence-corrected chi connectivity index (χ3v) is 3.47. The second-order valence-corrected chi connectivity index (χ2v) is 6.29. The van der Waals surface area contributed by atoms with Gasteiger partial charge in [-0.1, -0.05) is 23.1 Å². The first-order valence-corrected chi connectivity index (χ1v) is 5.36. The molecule has 12 heavy (non-hydrogen) atoms. The first-order chi connectivity index (χ1) is 5.53. The van der Waals surface area contributed by atoms with Gasteiger partial charge in [0.1, 0.15) is 5.01 Å². The number of hydrogen-bond donors (Lipinski definition) is 1. The van der Waals surface area contributed by atoms with Crippen LogP contribution >= 0.6 is 23.1 Å². The van der Waals surface area contributed by atoms with Crippen molar-refractivity contribution in [2.24, 2.45) is 5.73 Å². The zero-order valence-corrected chi connectivity index (χ0v) is 9.13. The summed E-state index contributed by atoms with van der Waals surface area (Å²) < 4.78 is 1.06. The molecular weight excluding hydrogens is 190 g/mol. The van der Waals surface area contributed by atoms with Gasteiger partial charge in [0, 0.05) is 11.3 Å². The van der Waals surface area contributed by atoms with Crippen LogP contribution in [0.3, 0.4) is 0 Å². The summed E-state index contributed by atoms with van der Waals surface area (Å²) in [4.78, 5) is 0. The quantitative estimate of drug-likeness (QED) is 0.759. The van der Waals surface area contributed by atoms with Crippen molar-refractivity contribution in [3.8, 4) is 0 Å². The summed E-state index contributed by atoms with van der Waals surface area (Å²) >= 11 is 3.30. The third kappa shape index (κ3) is 2.73. The van der Waals surface area contributed by atoms with Crippen molar-refractivity contribution < 1.29 is 0 Å². The minimum atomic E-state index is 0.0615. The van der Waals surface area contributed by atoms with Crippen LogP contribution in [0.15, 0.2) is 4.34 Å². The number of rotatable bonds is 3. The minimum absolute atomic E-state index is 0.0615. The first kappa shape index (κ1) is 9.95. The first-order valence-electron chi connectivity index (χ1n) is 3.73. The number of nitrogens with zero attached hydrogens (tertiary/aromatic N) is 2. The summed E-state index contributed by atoms with van der Waals surface area (Å²) in [5, 5.41) is 8.97. The molecule has 0 saturated carbocycles. The van der Waals surface area contributed by atoms with Gasteiger partial charge < -0.3 is 5.73 Å². The van der Waals surface area contributed by atoms with E-state index in [4.69, 9.17) is 5.73 Å². The van der Waals surface area contributed by atoms with Crippen LogP contribution in [0, 0.1) is 6.92 Å². The molecule has 1 aromatic heterocycles. The van der Waals surface area contributed by atoms with E-state index in [0.717, 1.165) is 9.35 Å². The Bertz CT molecular complexity index is 257. The summed E-state index contributed by atoms with van der Waals surface area (Å²) in [5.41, 5.74) is 5.60. The Labute approximate surface area is 80.8 Å². The summed E-state index contributed by atoms with van der Waals surface area (Å²) in [6.07, 6.45) is 0. The van der Waals surface area contributed by atoms with Gasteiger partial charge in [-0.2, -0.15) is 0 Å². The summed E-state index contributed by atoms with van der Waals surface area (Å²) in [6, 6.07) is 0. The summed E-state index contributed by atoms with van der Waals surface area (Å²) in [5.74, 6) is 0. The largest absolute Gasteiger partial charge is 0.329 e. The second-order valence-electron chi connectivity index (χ2n) is 3.15. The molecule has 5 heteroatoms. The molecule has 3 nitrogen and oxygen atoms in total. The van der Waals surface area contributed by atoms with Gasteiger partial charge in [0.05, 0.1) is 0 Å². The maximum atomic E-state index is 5.60. The lowest BCUT2D eigenvalue weighted by atomic mass is 10.2. The van der Waals surface area contributed by atoms with E-state index in [0.29, 0.717) is 6.54 Å². The molecule has 0 unspecified atom stereocenters. The molecular formula is C7H13N3S2. The van der Waals surface area contributed by atoms with E-state index in [-0.39, 0.29) is 4.75 Å². The highest BCUT2D eigenvalue weighted by molar-refractivity contribution is 8.02. The monoisotopic (exact) mass is 203 g/mol. The predicted molar refractivity (Wildman–Crippen MR) is 53.6 cm³/mol. The zero-order chi connectivity index (χ0) is 9.19. The van der Waals surface area contributed by atoms with E-state index in [1.807, 2.05) is 6.92 Å². The van der Waals surface area contributed by atoms with E-state index >= 15 is 0 Å². The standard InChI is InChI=1S/C7H13N3S2/c1-5-9-10-6(11-5)12-7(2,3)4-8/h4,8H2,1-3H3. The van der Waals surface area contributed by atoms with Crippen molar-refractivity contribution in [3.05, 3.63) is 5.01 Å². The number of nitrogens with two attached hydrogens (primary N) is 1. The molecule has 0 aliphatic heterocycles. The van der Waals surface area contributed by atoms with E-state index < -0.39 is 0 Å². The molecule has 0 saturated heterocycles. The van der Waals surface area contributed by atoms with Crippen LogP contribution in [0.1, 0.15) is 18.9 Å². The fraction of sp³-hybridized carbons (Fsp3) is 0.714. The molecule has 68 valence electrons. The number of aromatic nitrogens is 2. The number of thioether (sulfide) groups is 1. The fourth-order valence-corrected chi connectivity index (χ4v) is 2.86. The molecule has 1 heterocycles. The minimum Gasteiger partial charge on any atom is -0.329 e. The molecule has 0 aromatic carbocycles. The maximum Gasteiger partial charge on any atom is 0.174 e. The highest BCUT2D eigenvalue weighted by atomic mass is 32.2. The van der Waals surface area contributed by atoms with E-state index in [2.05, 4.69) is 24.0 Å². The topological polar surface area (TPSA) is 51.8 Å². The number of hydrogen-bond acceptors (Lipinski definition) is 5. The molecule has 0 bridgehead atoms. The van der Waals surface area contributed by atoms with Crippen molar-refractivity contribution in [2.45, 2.75) is 29.9 Å². The third-order valence-electron chi connectivity index (χ3n) is 1.36. The lowest BCUT2D eigenvalue weighted by Gasteiger charge is -2.18. The maximum absolute atomic E-state index is 5.60. The summed E-state index contributed by atoms with van der Waals surface area (Å²) in [7, 11) is 0. The average Bonchev–Trinajstić information content (AvgIpc) is 2.35. The molecule has 0 aliphatic rings. The molecule has 2 N–H and O–H groups in total. The second kappa shape index (κ2) is 3.72. The Hall–Kier alpha value is -0.130. The molecule has 0 radical (unpaired) electrons. The Kier molecular flexibility index (Phi) is 3.09. The molecule has 0 aliphatic carbocycles. The average molecular weight is 203 g/mol. The fourth-order valence-electron chi connectivity index (χ4n) is 0.598. The zero-order valence-electron chi connectivity index (χ0n) is 7.50. The van der Waals surface area contributed by atoms with Crippen molar-refractivity contribution in [1.29, 1.82) is 0 Å². The van der Waals surface area contributed by atoms with Gasteiger partial charge in [0.15, 0.2) is 4.34 Å². The van der Waals surface area contributed by atoms with Gasteiger partial charge in [0.2, 0.25) is 0 Å². The lowest BCUT2D eigenvalue weighted by Crippen LogP contribution is -2.26. The van der Waals surface area contributed by atoms with Crippen molar-refractivity contribution in [2.75, 3.05) is 6.54 Å². The predicted octanol–water partition coefficient (Wildman–Crippen LogP) is 1.68. The molecule has 0 atom stereocenters. The summed E-state index contributed by atoms with van der Waals surface area (Å²) in [6.45, 7) is 6.82. The van der Waals surface area contributed by atoms with Crippen molar-refractivity contribution >= 4 is 23.1 Å². The van der Waals surface area contributed by atoms with Crippen molar-refractivity contribution in [3.63, 3.8) is 0 Å². The highest BCUT2D eigenvalue weighted by Gasteiger charge is 2.19. The van der Waals surface area contributed by atoms with E-state index in [1.165, 1.54) is 0 Å². The van der Waals surface area contributed by atoms with Crippen LogP contribution in [0.2, 0.25) is 0 Å². The van der Waals surface area contributed by atoms with Gasteiger partial charge in [0.25, 0.3) is 0 Å². The van der Waals surface area contributed by atoms with Crippen LogP contribution in [-0.4, -0.2) is 21.5 Å². The normalized spacial score (nSPS) is 12.0. The Balaban J connectivity index is 2.63. The van der Waals surface area contributed by atoms with E-state index in [9.17, 15) is 0 Å². The van der Waals surface area contributed by atoms with Gasteiger partial charge in [-0.15, -0.1) is 10.2 Å². The smallest absolute Gasteiger partial charge is 0.174 e. The van der Waals surface area contributed by atoms with Gasteiger partial charge in [-0.3, -0.25) is 0 Å². The number of aryl methyl sites for hydroxylation is 1. The Morgan fingerprint density at radius 3 is 2.58 bits per heavy atom. The Morgan fingerprint density at radius 1 is 1.50 bits per heavy atom.